The topological polar surface area (TPSA) is 75.3 Å². The normalized spacial score (nSPS) is 17.7. The summed E-state index contributed by atoms with van der Waals surface area (Å²) in [6.45, 7) is 1.03. The number of carbonyl (C=O) groups excluding carboxylic acids is 1. The average Bonchev–Trinajstić information content (AvgIpc) is 2.45. The van der Waals surface area contributed by atoms with Gasteiger partial charge >= 0.3 is 0 Å². The Balaban J connectivity index is 2.02. The quantitative estimate of drug-likeness (QED) is 0.827. The summed E-state index contributed by atoms with van der Waals surface area (Å²) in [6, 6.07) is 3.15. The van der Waals surface area contributed by atoms with Gasteiger partial charge in [0.05, 0.1) is 0 Å². The summed E-state index contributed by atoms with van der Waals surface area (Å²) in [6.07, 6.45) is 1.72. The van der Waals surface area contributed by atoms with Crippen LogP contribution in [0.25, 0.3) is 0 Å². The highest BCUT2D eigenvalue weighted by Crippen LogP contribution is 2.27. The molecule has 23 heavy (non-hydrogen) atoms. The fourth-order valence-corrected chi connectivity index (χ4v) is 4.19. The first-order chi connectivity index (χ1) is 10.7. The molecule has 5 nitrogen and oxygen atoms in total. The zero-order chi connectivity index (χ0) is 17.1. The molecule has 1 amide bonds. The summed E-state index contributed by atoms with van der Waals surface area (Å²) in [5.41, 5.74) is 0.404. The van der Waals surface area contributed by atoms with Gasteiger partial charge in [-0.25, -0.2) is 17.2 Å². The minimum atomic E-state index is -3.57. The molecule has 0 aromatic heterocycles. The largest absolute Gasteiger partial charge is 0.354 e. The molecule has 0 saturated carbocycles. The summed E-state index contributed by atoms with van der Waals surface area (Å²) >= 11 is 0. The van der Waals surface area contributed by atoms with Crippen molar-refractivity contribution in [1.82, 2.24) is 10.6 Å². The Morgan fingerprint density at radius 2 is 1.78 bits per heavy atom. The molecule has 0 radical (unpaired) electrons. The fraction of sp³-hybridized carbons (Fsp3) is 0.533. The number of hydrogen-bond acceptors (Lipinski definition) is 4. The Hall–Kier alpha value is -1.54. The molecule has 2 N–H and O–H groups in total. The van der Waals surface area contributed by atoms with Crippen LogP contribution in [-0.2, 0) is 21.1 Å². The van der Waals surface area contributed by atoms with E-state index >= 15 is 0 Å². The van der Waals surface area contributed by atoms with Crippen LogP contribution in [0.4, 0.5) is 8.78 Å². The zero-order valence-corrected chi connectivity index (χ0v) is 13.7. The molecule has 0 aliphatic carbocycles. The molecule has 0 unspecified atom stereocenters. The second-order valence-electron chi connectivity index (χ2n) is 5.80. The van der Waals surface area contributed by atoms with Gasteiger partial charge < -0.3 is 10.6 Å². The molecule has 1 aliphatic rings. The van der Waals surface area contributed by atoms with Gasteiger partial charge in [-0.2, -0.15) is 0 Å². The maximum atomic E-state index is 13.1. The van der Waals surface area contributed by atoms with Crippen LogP contribution >= 0.6 is 0 Å². The third-order valence-electron chi connectivity index (χ3n) is 4.16. The highest BCUT2D eigenvalue weighted by Gasteiger charge is 2.48. The average molecular weight is 346 g/mol. The van der Waals surface area contributed by atoms with E-state index in [-0.39, 0.29) is 25.8 Å². The summed E-state index contributed by atoms with van der Waals surface area (Å²) in [4.78, 5) is 12.4. The maximum Gasteiger partial charge on any atom is 0.241 e. The van der Waals surface area contributed by atoms with Gasteiger partial charge in [-0.05, 0) is 50.0 Å². The van der Waals surface area contributed by atoms with E-state index in [4.69, 9.17) is 0 Å². The van der Waals surface area contributed by atoms with Gasteiger partial charge in [0.25, 0.3) is 0 Å². The first-order valence-corrected chi connectivity index (χ1v) is 9.27. The van der Waals surface area contributed by atoms with Crippen molar-refractivity contribution >= 4 is 15.7 Å². The van der Waals surface area contributed by atoms with Crippen molar-refractivity contribution in [3.63, 3.8) is 0 Å². The third kappa shape index (κ3) is 4.06. The van der Waals surface area contributed by atoms with E-state index in [1.807, 2.05) is 0 Å². The van der Waals surface area contributed by atoms with E-state index in [0.29, 0.717) is 18.7 Å². The van der Waals surface area contributed by atoms with E-state index in [0.717, 1.165) is 12.3 Å². The van der Waals surface area contributed by atoms with Crippen LogP contribution in [0.2, 0.25) is 0 Å². The van der Waals surface area contributed by atoms with Gasteiger partial charge in [-0.1, -0.05) is 0 Å². The van der Waals surface area contributed by atoms with Crippen LogP contribution in [-0.4, -0.2) is 45.0 Å². The van der Waals surface area contributed by atoms with Gasteiger partial charge in [0.2, 0.25) is 5.91 Å². The second kappa shape index (κ2) is 6.92. The van der Waals surface area contributed by atoms with Crippen LogP contribution in [0, 0.1) is 11.6 Å². The number of piperidine rings is 1. The zero-order valence-electron chi connectivity index (χ0n) is 12.9. The first kappa shape index (κ1) is 17.8. The van der Waals surface area contributed by atoms with Crippen molar-refractivity contribution in [2.75, 3.05) is 25.9 Å². The molecule has 1 aromatic rings. The van der Waals surface area contributed by atoms with Gasteiger partial charge in [0.1, 0.15) is 11.6 Å². The molecule has 1 heterocycles. The smallest absolute Gasteiger partial charge is 0.241 e. The van der Waals surface area contributed by atoms with Crippen LogP contribution in [0.15, 0.2) is 18.2 Å². The molecule has 0 bridgehead atoms. The molecule has 1 aliphatic heterocycles. The van der Waals surface area contributed by atoms with Crippen molar-refractivity contribution in [1.29, 1.82) is 0 Å². The first-order valence-electron chi connectivity index (χ1n) is 7.38. The number of nitrogens with one attached hydrogen (secondary N) is 2. The highest BCUT2D eigenvalue weighted by molar-refractivity contribution is 7.92. The lowest BCUT2D eigenvalue weighted by Crippen LogP contribution is -2.57. The summed E-state index contributed by atoms with van der Waals surface area (Å²) < 4.78 is 49.0. The standard InChI is InChI=1S/C15H20F2N2O3S/c1-23(21,22)15(3-6-18-7-4-15)14(20)19-5-2-11-8-12(16)10-13(17)9-11/h8-10,18H,2-7H2,1H3,(H,19,20). The highest BCUT2D eigenvalue weighted by atomic mass is 32.2. The molecule has 1 saturated heterocycles. The van der Waals surface area contributed by atoms with Crippen LogP contribution < -0.4 is 10.6 Å². The molecule has 0 atom stereocenters. The number of sulfone groups is 1. The van der Waals surface area contributed by atoms with Gasteiger partial charge in [-0.15, -0.1) is 0 Å². The molecular formula is C15H20F2N2O3S. The minimum absolute atomic E-state index is 0.117. The summed E-state index contributed by atoms with van der Waals surface area (Å²) in [5, 5.41) is 5.63. The lowest BCUT2D eigenvalue weighted by Gasteiger charge is -2.34. The number of rotatable bonds is 5. The third-order valence-corrected chi connectivity index (χ3v) is 6.17. The number of amides is 1. The second-order valence-corrected chi connectivity index (χ2v) is 8.13. The van der Waals surface area contributed by atoms with Crippen molar-refractivity contribution in [3.8, 4) is 0 Å². The van der Waals surface area contributed by atoms with Crippen molar-refractivity contribution < 1.29 is 22.0 Å². The Bertz CT molecular complexity index is 666. The monoisotopic (exact) mass is 346 g/mol. The number of halogens is 2. The Labute approximate surface area is 134 Å². The predicted molar refractivity (Wildman–Crippen MR) is 82.8 cm³/mol. The van der Waals surface area contributed by atoms with Crippen LogP contribution in [0.5, 0.6) is 0 Å². The molecule has 1 aromatic carbocycles. The van der Waals surface area contributed by atoms with Crippen molar-refractivity contribution in [2.45, 2.75) is 24.0 Å². The Morgan fingerprint density at radius 3 is 2.30 bits per heavy atom. The predicted octanol–water partition coefficient (Wildman–Crippen LogP) is 0.790. The van der Waals surface area contributed by atoms with Crippen molar-refractivity contribution in [2.24, 2.45) is 0 Å². The van der Waals surface area contributed by atoms with Crippen molar-refractivity contribution in [3.05, 3.63) is 35.4 Å². The minimum Gasteiger partial charge on any atom is -0.354 e. The van der Waals surface area contributed by atoms with E-state index < -0.39 is 32.1 Å². The molecule has 8 heteroatoms. The fourth-order valence-electron chi connectivity index (χ4n) is 2.83. The van der Waals surface area contributed by atoms with Gasteiger partial charge in [0, 0.05) is 18.9 Å². The van der Waals surface area contributed by atoms with Crippen LogP contribution in [0.1, 0.15) is 18.4 Å². The number of benzene rings is 1. The molecule has 128 valence electrons. The molecule has 1 fully saturated rings. The van der Waals surface area contributed by atoms with E-state index in [9.17, 15) is 22.0 Å². The van der Waals surface area contributed by atoms with Crippen LogP contribution in [0.3, 0.4) is 0 Å². The van der Waals surface area contributed by atoms with E-state index in [1.54, 1.807) is 0 Å². The summed E-state index contributed by atoms with van der Waals surface area (Å²) in [7, 11) is -3.57. The molecule has 0 spiro atoms. The summed E-state index contributed by atoms with van der Waals surface area (Å²) in [5.74, 6) is -1.91. The Kier molecular flexibility index (Phi) is 5.36. The number of carbonyl (C=O) groups is 1. The van der Waals surface area contributed by atoms with E-state index in [2.05, 4.69) is 10.6 Å². The number of hydrogen-bond donors (Lipinski definition) is 2. The lowest BCUT2D eigenvalue weighted by molar-refractivity contribution is -0.124. The maximum absolute atomic E-state index is 13.1. The molecular weight excluding hydrogens is 326 g/mol. The SMILES string of the molecule is CS(=O)(=O)C1(C(=O)NCCc2cc(F)cc(F)c2)CCNCC1. The van der Waals surface area contributed by atoms with Gasteiger partial charge in [-0.3, -0.25) is 4.79 Å². The Morgan fingerprint density at radius 1 is 1.22 bits per heavy atom. The molecule has 2 rings (SSSR count). The van der Waals surface area contributed by atoms with Gasteiger partial charge in [0.15, 0.2) is 14.6 Å². The lowest BCUT2D eigenvalue weighted by atomic mass is 9.95. The van der Waals surface area contributed by atoms with E-state index in [1.165, 1.54) is 12.1 Å².